The number of hydrogen-bond acceptors (Lipinski definition) is 5. The van der Waals surface area contributed by atoms with Gasteiger partial charge in [0.15, 0.2) is 8.32 Å². The molecule has 0 radical (unpaired) electrons. The highest BCUT2D eigenvalue weighted by molar-refractivity contribution is 9.10. The Labute approximate surface area is 185 Å². The van der Waals surface area contributed by atoms with Gasteiger partial charge in [-0.3, -0.25) is 0 Å². The van der Waals surface area contributed by atoms with Crippen molar-refractivity contribution in [2.75, 3.05) is 13.2 Å². The standard InChI is InChI=1S/C20H28BrClN2O4Si/c1-20(2,3)29(4,5)28-16-10-27-17-15(9-26-18(16)17)25-8-11-6-13-14(23-11)7-12(22)19(21)24-13/h6-7,15-18,23H,8-10H2,1-5H3/t15-,16?,17-,18-/m1/s1. The van der Waals surface area contributed by atoms with Crippen LogP contribution in [-0.2, 0) is 25.2 Å². The topological polar surface area (TPSA) is 65.6 Å². The highest BCUT2D eigenvalue weighted by Gasteiger charge is 2.51. The van der Waals surface area contributed by atoms with Crippen molar-refractivity contribution < 1.29 is 18.6 Å². The van der Waals surface area contributed by atoms with E-state index < -0.39 is 8.32 Å². The van der Waals surface area contributed by atoms with Gasteiger partial charge in [0, 0.05) is 5.69 Å². The van der Waals surface area contributed by atoms with Crippen molar-refractivity contribution >= 4 is 46.9 Å². The number of hydrogen-bond donors (Lipinski definition) is 1. The number of pyridine rings is 1. The summed E-state index contributed by atoms with van der Waals surface area (Å²) in [5.74, 6) is 0. The molecule has 1 N–H and O–H groups in total. The second-order valence-corrected chi connectivity index (χ2v) is 15.3. The minimum atomic E-state index is -1.88. The molecular formula is C20H28BrClN2O4Si. The van der Waals surface area contributed by atoms with Crippen molar-refractivity contribution in [1.82, 2.24) is 9.97 Å². The van der Waals surface area contributed by atoms with Crippen molar-refractivity contribution in [3.05, 3.63) is 27.5 Å². The predicted molar refractivity (Wildman–Crippen MR) is 119 cm³/mol. The molecule has 9 heteroatoms. The van der Waals surface area contributed by atoms with Crippen LogP contribution in [0.25, 0.3) is 11.0 Å². The Kier molecular flexibility index (Phi) is 5.91. The van der Waals surface area contributed by atoms with E-state index in [1.54, 1.807) is 0 Å². The molecule has 2 aromatic rings. The van der Waals surface area contributed by atoms with Crippen LogP contribution in [0.1, 0.15) is 26.5 Å². The molecular weight excluding hydrogens is 476 g/mol. The Hall–Kier alpha value is -0.483. The fraction of sp³-hybridized carbons (Fsp3) is 0.650. The molecule has 2 fully saturated rings. The van der Waals surface area contributed by atoms with Gasteiger partial charge in [-0.2, -0.15) is 0 Å². The van der Waals surface area contributed by atoms with Gasteiger partial charge in [-0.15, -0.1) is 0 Å². The summed E-state index contributed by atoms with van der Waals surface area (Å²) in [6.07, 6.45) is -0.280. The molecule has 6 nitrogen and oxygen atoms in total. The van der Waals surface area contributed by atoms with Crippen LogP contribution in [0, 0.1) is 0 Å². The average molecular weight is 504 g/mol. The quantitative estimate of drug-likeness (QED) is 0.457. The minimum absolute atomic E-state index is 0.0220. The molecule has 0 amide bonds. The Morgan fingerprint density at radius 1 is 1.21 bits per heavy atom. The van der Waals surface area contributed by atoms with Gasteiger partial charge in [0.05, 0.1) is 42.0 Å². The molecule has 2 aliphatic rings. The van der Waals surface area contributed by atoms with Gasteiger partial charge in [-0.05, 0) is 46.2 Å². The Balaban J connectivity index is 1.37. The van der Waals surface area contributed by atoms with Crippen LogP contribution in [-0.4, -0.2) is 55.9 Å². The third kappa shape index (κ3) is 4.30. The van der Waals surface area contributed by atoms with Crippen molar-refractivity contribution in [3.8, 4) is 0 Å². The Morgan fingerprint density at radius 3 is 2.55 bits per heavy atom. The van der Waals surface area contributed by atoms with Crippen LogP contribution < -0.4 is 0 Å². The lowest BCUT2D eigenvalue weighted by atomic mass is 10.1. The number of aromatic nitrogens is 2. The smallest absolute Gasteiger partial charge is 0.192 e. The lowest BCUT2D eigenvalue weighted by molar-refractivity contribution is -0.0439. The number of aromatic amines is 1. The molecule has 4 rings (SSSR count). The molecule has 29 heavy (non-hydrogen) atoms. The third-order valence-electron chi connectivity index (χ3n) is 6.24. The van der Waals surface area contributed by atoms with Crippen LogP contribution in [0.2, 0.25) is 23.2 Å². The van der Waals surface area contributed by atoms with Gasteiger partial charge in [0.2, 0.25) is 0 Å². The van der Waals surface area contributed by atoms with Crippen LogP contribution in [0.15, 0.2) is 16.7 Å². The van der Waals surface area contributed by atoms with Crippen LogP contribution in [0.4, 0.5) is 0 Å². The zero-order chi connectivity index (χ0) is 21.0. The number of ether oxygens (including phenoxy) is 3. The van der Waals surface area contributed by atoms with E-state index >= 15 is 0 Å². The fourth-order valence-corrected chi connectivity index (χ4v) is 5.34. The first-order valence-electron chi connectivity index (χ1n) is 9.91. The lowest BCUT2D eigenvalue weighted by Crippen LogP contribution is -2.47. The third-order valence-corrected chi connectivity index (χ3v) is 11.9. The molecule has 2 saturated heterocycles. The zero-order valence-corrected chi connectivity index (χ0v) is 20.8. The summed E-state index contributed by atoms with van der Waals surface area (Å²) in [6, 6.07) is 3.83. The summed E-state index contributed by atoms with van der Waals surface area (Å²) in [5.41, 5.74) is 2.68. The highest BCUT2D eigenvalue weighted by atomic mass is 79.9. The van der Waals surface area contributed by atoms with E-state index in [4.69, 9.17) is 30.2 Å². The first kappa shape index (κ1) is 21.7. The normalized spacial score (nSPS) is 27.7. The van der Waals surface area contributed by atoms with E-state index in [-0.39, 0.29) is 29.5 Å². The SMILES string of the molecule is CC(C)(C)[Si](C)(C)OC1CO[C@H]2[C@@H]1OC[C@H]2OCc1cc2nc(Br)c(Cl)cc2[nH]1. The van der Waals surface area contributed by atoms with Crippen molar-refractivity contribution in [1.29, 1.82) is 0 Å². The van der Waals surface area contributed by atoms with Gasteiger partial charge >= 0.3 is 0 Å². The summed E-state index contributed by atoms with van der Waals surface area (Å²) >= 11 is 9.48. The molecule has 2 aromatic heterocycles. The molecule has 0 spiro atoms. The lowest BCUT2D eigenvalue weighted by Gasteiger charge is -2.39. The van der Waals surface area contributed by atoms with Crippen LogP contribution >= 0.6 is 27.5 Å². The maximum Gasteiger partial charge on any atom is 0.192 e. The van der Waals surface area contributed by atoms with Crippen molar-refractivity contribution in [2.24, 2.45) is 0 Å². The maximum absolute atomic E-state index is 6.55. The Bertz CT molecular complexity index is 861. The molecule has 4 atom stereocenters. The minimum Gasteiger partial charge on any atom is -0.409 e. The average Bonchev–Trinajstić information content (AvgIpc) is 3.29. The summed E-state index contributed by atoms with van der Waals surface area (Å²) in [7, 11) is -1.88. The van der Waals surface area contributed by atoms with Crippen molar-refractivity contribution in [3.63, 3.8) is 0 Å². The monoisotopic (exact) mass is 502 g/mol. The van der Waals surface area contributed by atoms with Gasteiger partial charge in [0.1, 0.15) is 22.9 Å². The van der Waals surface area contributed by atoms with E-state index in [1.165, 1.54) is 0 Å². The zero-order valence-electron chi connectivity index (χ0n) is 17.4. The second kappa shape index (κ2) is 7.89. The fourth-order valence-electron chi connectivity index (χ4n) is 3.57. The number of rotatable bonds is 5. The van der Waals surface area contributed by atoms with Crippen LogP contribution in [0.5, 0.6) is 0 Å². The summed E-state index contributed by atoms with van der Waals surface area (Å²) < 4.78 is 25.4. The molecule has 0 saturated carbocycles. The Morgan fingerprint density at radius 2 is 1.86 bits per heavy atom. The molecule has 0 aliphatic carbocycles. The van der Waals surface area contributed by atoms with E-state index in [1.807, 2.05) is 12.1 Å². The van der Waals surface area contributed by atoms with Gasteiger partial charge in [-0.1, -0.05) is 32.4 Å². The van der Waals surface area contributed by atoms with Gasteiger partial charge < -0.3 is 23.6 Å². The van der Waals surface area contributed by atoms with Crippen molar-refractivity contribution in [2.45, 2.75) is 69.9 Å². The summed E-state index contributed by atoms with van der Waals surface area (Å²) in [5, 5.41) is 0.729. The first-order valence-corrected chi connectivity index (χ1v) is 14.0. The highest BCUT2D eigenvalue weighted by Crippen LogP contribution is 2.40. The molecule has 0 bridgehead atoms. The number of nitrogens with one attached hydrogen (secondary N) is 1. The van der Waals surface area contributed by atoms with Gasteiger partial charge in [-0.25, -0.2) is 4.98 Å². The predicted octanol–water partition coefficient (Wildman–Crippen LogP) is 5.05. The number of H-pyrrole nitrogens is 1. The number of nitrogens with zero attached hydrogens (tertiary/aromatic N) is 1. The molecule has 1 unspecified atom stereocenters. The largest absolute Gasteiger partial charge is 0.409 e. The first-order chi connectivity index (χ1) is 13.5. The number of halogens is 2. The second-order valence-electron chi connectivity index (χ2n) is 9.35. The maximum atomic E-state index is 6.55. The molecule has 2 aliphatic heterocycles. The summed E-state index contributed by atoms with van der Waals surface area (Å²) in [6.45, 7) is 12.8. The van der Waals surface area contributed by atoms with E-state index in [0.717, 1.165) is 16.7 Å². The molecule has 160 valence electrons. The number of fused-ring (bicyclic) bond motifs is 2. The van der Waals surface area contributed by atoms with E-state index in [0.29, 0.717) is 29.4 Å². The van der Waals surface area contributed by atoms with Crippen LogP contribution in [0.3, 0.4) is 0 Å². The van der Waals surface area contributed by atoms with E-state index in [9.17, 15) is 0 Å². The van der Waals surface area contributed by atoms with Gasteiger partial charge in [0.25, 0.3) is 0 Å². The molecule has 4 heterocycles. The molecule has 0 aromatic carbocycles. The summed E-state index contributed by atoms with van der Waals surface area (Å²) in [4.78, 5) is 7.74. The van der Waals surface area contributed by atoms with E-state index in [2.05, 4.69) is 59.8 Å².